The van der Waals surface area contributed by atoms with E-state index in [1.165, 1.54) is 0 Å². The molecule has 0 bridgehead atoms. The third-order valence-electron chi connectivity index (χ3n) is 3.54. The number of alkyl halides is 1. The molecule has 0 rings (SSSR count). The second-order valence-electron chi connectivity index (χ2n) is 6.02. The lowest BCUT2D eigenvalue weighted by Crippen LogP contribution is -2.54. The van der Waals surface area contributed by atoms with Gasteiger partial charge in [-0.2, -0.15) is 0 Å². The van der Waals surface area contributed by atoms with E-state index < -0.39 is 6.09 Å². The highest BCUT2D eigenvalue weighted by atomic mass is 79.9. The molecule has 0 spiro atoms. The van der Waals surface area contributed by atoms with Crippen LogP contribution in [-0.4, -0.2) is 46.0 Å². The lowest BCUT2D eigenvalue weighted by molar-refractivity contribution is -0.131. The summed E-state index contributed by atoms with van der Waals surface area (Å²) in [5.41, 5.74) is -0.255. The molecular weight excluding hydrogens is 324 g/mol. The smallest absolute Gasteiger partial charge is 0.404 e. The predicted octanol–water partition coefficient (Wildman–Crippen LogP) is 3.08. The number of rotatable bonds is 7. The van der Waals surface area contributed by atoms with Crippen LogP contribution in [-0.2, 0) is 4.79 Å². The highest BCUT2D eigenvalue weighted by Gasteiger charge is 2.31. The van der Waals surface area contributed by atoms with Gasteiger partial charge in [-0.1, -0.05) is 50.5 Å². The summed E-state index contributed by atoms with van der Waals surface area (Å²) in [6, 6.07) is -0.163. The van der Waals surface area contributed by atoms with Gasteiger partial charge in [0.05, 0.1) is 11.4 Å². The molecule has 6 heteroatoms. The summed E-state index contributed by atoms with van der Waals surface area (Å²) in [5.74, 6) is 0.000128. The SMILES string of the molecule is CCC(CC)N(CC(NC(=O)O)C(C)(C)C)C(=O)CBr. The number of nitrogens with one attached hydrogen (secondary N) is 1. The Labute approximate surface area is 130 Å². The van der Waals surface area contributed by atoms with Crippen LogP contribution in [0, 0.1) is 5.41 Å². The number of carboxylic acid groups (broad SMARTS) is 1. The molecule has 1 unspecified atom stereocenters. The van der Waals surface area contributed by atoms with Crippen molar-refractivity contribution >= 4 is 27.9 Å². The van der Waals surface area contributed by atoms with Crippen LogP contribution in [0.1, 0.15) is 47.5 Å². The number of carbonyl (C=O) groups excluding carboxylic acids is 1. The van der Waals surface area contributed by atoms with Crippen LogP contribution in [0.5, 0.6) is 0 Å². The minimum Gasteiger partial charge on any atom is -0.465 e. The van der Waals surface area contributed by atoms with Gasteiger partial charge in [0.25, 0.3) is 0 Å². The number of amides is 2. The molecule has 0 radical (unpaired) electrons. The maximum Gasteiger partial charge on any atom is 0.404 e. The molecule has 0 aromatic carbocycles. The van der Waals surface area contributed by atoms with Gasteiger partial charge < -0.3 is 15.3 Å². The number of hydrogen-bond acceptors (Lipinski definition) is 2. The van der Waals surface area contributed by atoms with Crippen molar-refractivity contribution < 1.29 is 14.7 Å². The molecule has 0 aliphatic carbocycles. The monoisotopic (exact) mass is 350 g/mol. The standard InChI is InChI=1S/C14H27BrN2O3/c1-6-10(7-2)17(12(18)8-15)9-11(14(3,4)5)16-13(19)20/h10-11,16H,6-9H2,1-5H3,(H,19,20). The first-order valence-electron chi connectivity index (χ1n) is 7.02. The van der Waals surface area contributed by atoms with Crippen LogP contribution >= 0.6 is 15.9 Å². The van der Waals surface area contributed by atoms with Crippen molar-refractivity contribution in [1.29, 1.82) is 0 Å². The summed E-state index contributed by atoms with van der Waals surface area (Å²) in [4.78, 5) is 24.9. The highest BCUT2D eigenvalue weighted by Crippen LogP contribution is 2.22. The molecule has 0 heterocycles. The normalized spacial score (nSPS) is 13.2. The van der Waals surface area contributed by atoms with Crippen LogP contribution in [0.15, 0.2) is 0 Å². The van der Waals surface area contributed by atoms with E-state index in [1.807, 2.05) is 34.6 Å². The van der Waals surface area contributed by atoms with Crippen molar-refractivity contribution in [3.63, 3.8) is 0 Å². The van der Waals surface area contributed by atoms with E-state index in [2.05, 4.69) is 21.2 Å². The molecule has 20 heavy (non-hydrogen) atoms. The van der Waals surface area contributed by atoms with Gasteiger partial charge in [0.1, 0.15) is 0 Å². The van der Waals surface area contributed by atoms with Crippen molar-refractivity contribution in [2.24, 2.45) is 5.41 Å². The highest BCUT2D eigenvalue weighted by molar-refractivity contribution is 9.09. The summed E-state index contributed by atoms with van der Waals surface area (Å²) in [6.45, 7) is 10.4. The fourth-order valence-electron chi connectivity index (χ4n) is 2.14. The maximum absolute atomic E-state index is 12.1. The third kappa shape index (κ3) is 6.11. The number of hydrogen-bond donors (Lipinski definition) is 2. The largest absolute Gasteiger partial charge is 0.465 e. The summed E-state index contributed by atoms with van der Waals surface area (Å²) in [5, 5.41) is 11.8. The van der Waals surface area contributed by atoms with Crippen molar-refractivity contribution in [3.8, 4) is 0 Å². The molecule has 1 atom stereocenters. The number of halogens is 1. The van der Waals surface area contributed by atoms with E-state index in [9.17, 15) is 9.59 Å². The Kier molecular flexibility index (Phi) is 8.16. The molecule has 0 aliphatic heterocycles. The zero-order valence-corrected chi connectivity index (χ0v) is 14.7. The van der Waals surface area contributed by atoms with Crippen molar-refractivity contribution in [1.82, 2.24) is 10.2 Å². The fourth-order valence-corrected chi connectivity index (χ4v) is 2.46. The van der Waals surface area contributed by atoms with Crippen LogP contribution in [0.2, 0.25) is 0 Å². The van der Waals surface area contributed by atoms with Gasteiger partial charge in [0, 0.05) is 12.6 Å². The molecule has 2 N–H and O–H groups in total. The van der Waals surface area contributed by atoms with E-state index in [4.69, 9.17) is 5.11 Å². The zero-order valence-electron chi connectivity index (χ0n) is 13.1. The molecule has 118 valence electrons. The van der Waals surface area contributed by atoms with Crippen molar-refractivity contribution in [2.75, 3.05) is 11.9 Å². The van der Waals surface area contributed by atoms with E-state index in [1.54, 1.807) is 4.90 Å². The predicted molar refractivity (Wildman–Crippen MR) is 84.3 cm³/mol. The molecule has 5 nitrogen and oxygen atoms in total. The first-order valence-corrected chi connectivity index (χ1v) is 8.14. The molecule has 0 fully saturated rings. The first kappa shape index (κ1) is 19.2. The van der Waals surface area contributed by atoms with Gasteiger partial charge in [-0.3, -0.25) is 4.79 Å². The maximum atomic E-state index is 12.1. The van der Waals surface area contributed by atoms with Crippen LogP contribution in [0.4, 0.5) is 4.79 Å². The van der Waals surface area contributed by atoms with E-state index in [0.717, 1.165) is 12.8 Å². The second kappa shape index (κ2) is 8.49. The van der Waals surface area contributed by atoms with Gasteiger partial charge in [-0.05, 0) is 18.3 Å². The zero-order chi connectivity index (χ0) is 15.9. The fraction of sp³-hybridized carbons (Fsp3) is 0.857. The summed E-state index contributed by atoms with van der Waals surface area (Å²) >= 11 is 3.21. The molecule has 0 aromatic heterocycles. The van der Waals surface area contributed by atoms with Gasteiger partial charge in [-0.25, -0.2) is 4.79 Å². The van der Waals surface area contributed by atoms with Gasteiger partial charge in [0.15, 0.2) is 0 Å². The average Bonchev–Trinajstić information content (AvgIpc) is 2.35. The molecule has 0 aliphatic rings. The van der Waals surface area contributed by atoms with E-state index >= 15 is 0 Å². The summed E-state index contributed by atoms with van der Waals surface area (Å²) in [7, 11) is 0. The Hall–Kier alpha value is -0.780. The average molecular weight is 351 g/mol. The van der Waals surface area contributed by atoms with Crippen LogP contribution in [0.3, 0.4) is 0 Å². The minimum absolute atomic E-state index is 0.000128. The van der Waals surface area contributed by atoms with Crippen LogP contribution in [0.25, 0.3) is 0 Å². The Morgan fingerprint density at radius 1 is 1.25 bits per heavy atom. The topological polar surface area (TPSA) is 69.6 Å². The van der Waals surface area contributed by atoms with Crippen LogP contribution < -0.4 is 5.32 Å². The third-order valence-corrected chi connectivity index (χ3v) is 4.02. The minimum atomic E-state index is -1.05. The summed E-state index contributed by atoms with van der Waals surface area (Å²) < 4.78 is 0. The lowest BCUT2D eigenvalue weighted by Gasteiger charge is -2.38. The Morgan fingerprint density at radius 3 is 2.05 bits per heavy atom. The molecular formula is C14H27BrN2O3. The van der Waals surface area contributed by atoms with Crippen molar-refractivity contribution in [2.45, 2.75) is 59.5 Å². The van der Waals surface area contributed by atoms with Gasteiger partial charge in [0.2, 0.25) is 5.91 Å². The molecule has 2 amide bonds. The molecule has 0 saturated heterocycles. The molecule has 0 aromatic rings. The Bertz CT molecular complexity index is 325. The van der Waals surface area contributed by atoms with Gasteiger partial charge in [-0.15, -0.1) is 0 Å². The van der Waals surface area contributed by atoms with E-state index in [0.29, 0.717) is 6.54 Å². The Morgan fingerprint density at radius 2 is 1.75 bits per heavy atom. The quantitative estimate of drug-likeness (QED) is 0.693. The lowest BCUT2D eigenvalue weighted by atomic mass is 9.86. The van der Waals surface area contributed by atoms with Gasteiger partial charge >= 0.3 is 6.09 Å². The first-order chi connectivity index (χ1) is 9.17. The second-order valence-corrected chi connectivity index (χ2v) is 6.58. The number of carbonyl (C=O) groups is 2. The number of nitrogens with zero attached hydrogens (tertiary/aromatic N) is 1. The Balaban J connectivity index is 5.16. The van der Waals surface area contributed by atoms with Crippen molar-refractivity contribution in [3.05, 3.63) is 0 Å². The summed E-state index contributed by atoms with van der Waals surface area (Å²) in [6.07, 6.45) is 0.666. The van der Waals surface area contributed by atoms with E-state index in [-0.39, 0.29) is 28.7 Å². The molecule has 0 saturated carbocycles.